The number of nitrogens with two attached hydrogens (primary N) is 1. The Hall–Kier alpha value is -1.14. The molecule has 0 amide bonds. The summed E-state index contributed by atoms with van der Waals surface area (Å²) in [6.07, 6.45) is 0. The topological polar surface area (TPSA) is 72.5 Å². The summed E-state index contributed by atoms with van der Waals surface area (Å²) in [5.74, 6) is -2.78. The minimum absolute atomic E-state index is 0.0353. The maximum atomic E-state index is 13.8. The van der Waals surface area contributed by atoms with E-state index in [4.69, 9.17) is 15.6 Å². The molecule has 0 aliphatic heterocycles. The highest BCUT2D eigenvalue weighted by Crippen LogP contribution is 2.33. The second-order valence-electron chi connectivity index (χ2n) is 3.10. The van der Waals surface area contributed by atoms with E-state index in [1.54, 1.807) is 0 Å². The largest absolute Gasteiger partial charge is 0.496 e. The maximum absolute atomic E-state index is 13.8. The summed E-state index contributed by atoms with van der Waals surface area (Å²) in [6, 6.07) is 2.95. The van der Waals surface area contributed by atoms with Crippen molar-refractivity contribution >= 4 is 21.9 Å². The molecule has 0 aliphatic rings. The molecule has 1 unspecified atom stereocenters. The lowest BCUT2D eigenvalue weighted by molar-refractivity contribution is -0.138. The van der Waals surface area contributed by atoms with E-state index in [1.807, 2.05) is 0 Å². The number of aliphatic carboxylic acids is 1. The van der Waals surface area contributed by atoms with Crippen LogP contribution in [0.5, 0.6) is 5.75 Å². The molecule has 1 aromatic rings. The number of hydrogen-bond donors (Lipinski definition) is 2. The molecule has 0 saturated heterocycles. The Labute approximate surface area is 100 Å². The van der Waals surface area contributed by atoms with Crippen molar-refractivity contribution in [2.24, 2.45) is 5.73 Å². The molecule has 16 heavy (non-hydrogen) atoms. The zero-order chi connectivity index (χ0) is 12.3. The molecule has 1 aromatic carbocycles. The van der Waals surface area contributed by atoms with Crippen molar-refractivity contribution in [3.05, 3.63) is 28.0 Å². The van der Waals surface area contributed by atoms with Gasteiger partial charge in [0.05, 0.1) is 11.6 Å². The molecule has 0 spiro atoms. The van der Waals surface area contributed by atoms with Crippen LogP contribution >= 0.6 is 15.9 Å². The summed E-state index contributed by atoms with van der Waals surface area (Å²) in [7, 11) is 1.35. The van der Waals surface area contributed by atoms with Crippen molar-refractivity contribution in [2.45, 2.75) is 5.92 Å². The van der Waals surface area contributed by atoms with Crippen LogP contribution in [0.25, 0.3) is 0 Å². The Bertz CT molecular complexity index is 411. The Kier molecular flexibility index (Phi) is 4.26. The van der Waals surface area contributed by atoms with E-state index < -0.39 is 17.7 Å². The van der Waals surface area contributed by atoms with Crippen molar-refractivity contribution in [3.8, 4) is 5.75 Å². The number of carboxylic acids is 1. The average Bonchev–Trinajstić information content (AvgIpc) is 2.25. The Balaban J connectivity index is 3.38. The number of carboxylic acid groups (broad SMARTS) is 1. The molecule has 0 saturated carbocycles. The minimum Gasteiger partial charge on any atom is -0.496 e. The lowest BCUT2D eigenvalue weighted by atomic mass is 9.98. The van der Waals surface area contributed by atoms with Crippen molar-refractivity contribution in [3.63, 3.8) is 0 Å². The first-order chi connectivity index (χ1) is 7.52. The molecular formula is C10H11BrFNO3. The monoisotopic (exact) mass is 291 g/mol. The summed E-state index contributed by atoms with van der Waals surface area (Å²) >= 11 is 2.99. The summed E-state index contributed by atoms with van der Waals surface area (Å²) < 4.78 is 18.9. The highest BCUT2D eigenvalue weighted by atomic mass is 79.9. The highest BCUT2D eigenvalue weighted by molar-refractivity contribution is 9.10. The molecule has 0 fully saturated rings. The van der Waals surface area contributed by atoms with Gasteiger partial charge in [-0.2, -0.15) is 0 Å². The van der Waals surface area contributed by atoms with Gasteiger partial charge in [-0.1, -0.05) is 0 Å². The number of halogens is 2. The van der Waals surface area contributed by atoms with Gasteiger partial charge in [-0.3, -0.25) is 4.79 Å². The molecule has 0 aliphatic carbocycles. The third kappa shape index (κ3) is 2.33. The molecule has 0 aromatic heterocycles. The van der Waals surface area contributed by atoms with E-state index in [1.165, 1.54) is 19.2 Å². The third-order valence-electron chi connectivity index (χ3n) is 2.19. The number of benzene rings is 1. The number of ether oxygens (including phenoxy) is 1. The molecule has 1 atom stereocenters. The minimum atomic E-state index is -1.18. The number of rotatable bonds is 4. The predicted molar refractivity (Wildman–Crippen MR) is 60.1 cm³/mol. The van der Waals surface area contributed by atoms with E-state index in [9.17, 15) is 9.18 Å². The maximum Gasteiger partial charge on any atom is 0.312 e. The number of carbonyl (C=O) groups is 1. The van der Waals surface area contributed by atoms with Crippen LogP contribution in [0, 0.1) is 5.82 Å². The molecule has 0 heterocycles. The van der Waals surface area contributed by atoms with Gasteiger partial charge in [0.25, 0.3) is 0 Å². The van der Waals surface area contributed by atoms with Crippen LogP contribution in [-0.2, 0) is 4.79 Å². The average molecular weight is 292 g/mol. The quantitative estimate of drug-likeness (QED) is 0.886. The van der Waals surface area contributed by atoms with Crippen molar-refractivity contribution in [2.75, 3.05) is 13.7 Å². The molecule has 0 radical (unpaired) electrons. The standard InChI is InChI=1S/C10H11BrFNO3/c1-16-7-3-2-6(11)9(12)8(7)5(4-13)10(14)15/h2-3,5H,4,13H2,1H3,(H,14,15). The highest BCUT2D eigenvalue weighted by Gasteiger charge is 2.26. The zero-order valence-electron chi connectivity index (χ0n) is 8.54. The molecule has 6 heteroatoms. The van der Waals surface area contributed by atoms with E-state index in [0.29, 0.717) is 0 Å². The fourth-order valence-electron chi connectivity index (χ4n) is 1.39. The molecule has 1 rings (SSSR count). The van der Waals surface area contributed by atoms with Gasteiger partial charge >= 0.3 is 5.97 Å². The first-order valence-electron chi connectivity index (χ1n) is 4.47. The molecule has 88 valence electrons. The fourth-order valence-corrected chi connectivity index (χ4v) is 1.74. The summed E-state index contributed by atoms with van der Waals surface area (Å²) in [5.41, 5.74) is 5.29. The first kappa shape index (κ1) is 12.9. The third-order valence-corrected chi connectivity index (χ3v) is 2.81. The van der Waals surface area contributed by atoms with Gasteiger partial charge in [0.2, 0.25) is 0 Å². The number of methoxy groups -OCH3 is 1. The summed E-state index contributed by atoms with van der Waals surface area (Å²) in [4.78, 5) is 10.9. The van der Waals surface area contributed by atoms with Crippen molar-refractivity contribution in [1.29, 1.82) is 0 Å². The van der Waals surface area contributed by atoms with Crippen LogP contribution in [-0.4, -0.2) is 24.7 Å². The van der Waals surface area contributed by atoms with Gasteiger partial charge in [-0.05, 0) is 28.1 Å². The smallest absolute Gasteiger partial charge is 0.312 e. The van der Waals surface area contributed by atoms with Crippen LogP contribution < -0.4 is 10.5 Å². The fraction of sp³-hybridized carbons (Fsp3) is 0.300. The van der Waals surface area contributed by atoms with Crippen LogP contribution in [0.1, 0.15) is 11.5 Å². The van der Waals surface area contributed by atoms with E-state index >= 15 is 0 Å². The van der Waals surface area contributed by atoms with E-state index in [0.717, 1.165) is 0 Å². The predicted octanol–water partition coefficient (Wildman–Crippen LogP) is 1.72. The van der Waals surface area contributed by atoms with Gasteiger partial charge in [-0.15, -0.1) is 0 Å². The lowest BCUT2D eigenvalue weighted by Crippen LogP contribution is -2.23. The van der Waals surface area contributed by atoms with Gasteiger partial charge in [0.1, 0.15) is 17.5 Å². The van der Waals surface area contributed by atoms with Gasteiger partial charge in [0, 0.05) is 12.1 Å². The zero-order valence-corrected chi connectivity index (χ0v) is 10.1. The Morgan fingerprint density at radius 3 is 2.75 bits per heavy atom. The van der Waals surface area contributed by atoms with Gasteiger partial charge in [-0.25, -0.2) is 4.39 Å². The Morgan fingerprint density at radius 1 is 1.69 bits per heavy atom. The van der Waals surface area contributed by atoms with Crippen molar-refractivity contribution < 1.29 is 19.0 Å². The van der Waals surface area contributed by atoms with Crippen LogP contribution in [0.2, 0.25) is 0 Å². The van der Waals surface area contributed by atoms with Gasteiger partial charge in [0.15, 0.2) is 0 Å². The van der Waals surface area contributed by atoms with Crippen LogP contribution in [0.4, 0.5) is 4.39 Å². The van der Waals surface area contributed by atoms with E-state index in [2.05, 4.69) is 15.9 Å². The van der Waals surface area contributed by atoms with Gasteiger partial charge < -0.3 is 15.6 Å². The first-order valence-corrected chi connectivity index (χ1v) is 5.27. The molecule has 0 bridgehead atoms. The normalized spacial score (nSPS) is 12.2. The summed E-state index contributed by atoms with van der Waals surface area (Å²) in [6.45, 7) is -0.195. The summed E-state index contributed by atoms with van der Waals surface area (Å²) in [5, 5.41) is 8.94. The van der Waals surface area contributed by atoms with Crippen LogP contribution in [0.15, 0.2) is 16.6 Å². The Morgan fingerprint density at radius 2 is 2.31 bits per heavy atom. The van der Waals surface area contributed by atoms with Crippen molar-refractivity contribution in [1.82, 2.24) is 0 Å². The lowest BCUT2D eigenvalue weighted by Gasteiger charge is -2.15. The molecular weight excluding hydrogens is 281 g/mol. The number of hydrogen-bond acceptors (Lipinski definition) is 3. The SMILES string of the molecule is COc1ccc(Br)c(F)c1C(CN)C(=O)O. The second kappa shape index (κ2) is 5.27. The second-order valence-corrected chi connectivity index (χ2v) is 3.96. The van der Waals surface area contributed by atoms with E-state index in [-0.39, 0.29) is 22.3 Å². The molecule has 4 nitrogen and oxygen atoms in total. The molecule has 3 N–H and O–H groups in total. The van der Waals surface area contributed by atoms with Crippen LogP contribution in [0.3, 0.4) is 0 Å².